The van der Waals surface area contributed by atoms with Gasteiger partial charge in [0.15, 0.2) is 0 Å². The average molecular weight is 301 g/mol. The van der Waals surface area contributed by atoms with Crippen LogP contribution in [0, 0.1) is 0 Å². The van der Waals surface area contributed by atoms with Gasteiger partial charge in [-0.05, 0) is 24.5 Å². The highest BCUT2D eigenvalue weighted by Gasteiger charge is 2.17. The average Bonchev–Trinajstić information content (AvgIpc) is 2.32. The second-order valence-electron chi connectivity index (χ2n) is 3.63. The van der Waals surface area contributed by atoms with Crippen LogP contribution in [-0.4, -0.2) is 24.5 Å². The summed E-state index contributed by atoms with van der Waals surface area (Å²) in [6, 6.07) is 7.93. The second kappa shape index (κ2) is 7.45. The Kier molecular flexibility index (Phi) is 6.22. The van der Waals surface area contributed by atoms with Gasteiger partial charge in [0.05, 0.1) is 13.2 Å². The highest BCUT2D eigenvalue weighted by Crippen LogP contribution is 2.16. The van der Waals surface area contributed by atoms with E-state index in [1.165, 1.54) is 0 Å². The molecule has 1 aromatic rings. The molecule has 17 heavy (non-hydrogen) atoms. The van der Waals surface area contributed by atoms with Gasteiger partial charge in [-0.1, -0.05) is 40.2 Å². The molecule has 0 saturated heterocycles. The first-order chi connectivity index (χ1) is 8.19. The molecule has 0 amide bonds. The molecule has 0 heterocycles. The van der Waals surface area contributed by atoms with E-state index >= 15 is 0 Å². The molecule has 4 heteroatoms. The number of ether oxygens (including phenoxy) is 2. The van der Waals surface area contributed by atoms with Crippen molar-refractivity contribution in [1.82, 2.24) is 0 Å². The topological polar surface area (TPSA) is 35.5 Å². The predicted molar refractivity (Wildman–Crippen MR) is 70.2 cm³/mol. The Bertz CT molecular complexity index is 365. The summed E-state index contributed by atoms with van der Waals surface area (Å²) >= 11 is 3.35. The highest BCUT2D eigenvalue weighted by molar-refractivity contribution is 9.10. The molecule has 1 unspecified atom stereocenters. The summed E-state index contributed by atoms with van der Waals surface area (Å²) in [5.41, 5.74) is 2.20. The Morgan fingerprint density at radius 3 is 2.59 bits per heavy atom. The van der Waals surface area contributed by atoms with E-state index in [1.54, 1.807) is 14.0 Å². The van der Waals surface area contributed by atoms with Crippen LogP contribution < -0.4 is 0 Å². The van der Waals surface area contributed by atoms with Gasteiger partial charge in [-0.15, -0.1) is 0 Å². The van der Waals surface area contributed by atoms with E-state index in [1.807, 2.05) is 24.3 Å². The first kappa shape index (κ1) is 14.2. The fourth-order valence-electron chi connectivity index (χ4n) is 1.56. The minimum absolute atomic E-state index is 0.222. The molecule has 3 nitrogen and oxygen atoms in total. The molecule has 0 aliphatic rings. The third kappa shape index (κ3) is 4.48. The monoisotopic (exact) mass is 300 g/mol. The number of alkyl halides is 1. The van der Waals surface area contributed by atoms with Gasteiger partial charge in [-0.2, -0.15) is 0 Å². The molecule has 0 saturated carbocycles. The van der Waals surface area contributed by atoms with E-state index in [0.717, 1.165) is 11.1 Å². The first-order valence-corrected chi connectivity index (χ1v) is 6.47. The summed E-state index contributed by atoms with van der Waals surface area (Å²) in [7, 11) is 1.66. The summed E-state index contributed by atoms with van der Waals surface area (Å²) in [6.45, 7) is 2.76. The molecule has 0 aliphatic heterocycles. The molecule has 0 fully saturated rings. The summed E-state index contributed by atoms with van der Waals surface area (Å²) in [5.74, 6) is -0.222. The standard InChI is InChI=1S/C13H17BrO3/c1-3-17-13(15)12(14)8-10-6-4-5-7-11(10)9-16-2/h4-7,12H,3,8-9H2,1-2H3. The minimum Gasteiger partial charge on any atom is -0.465 e. The molecule has 0 bridgehead atoms. The van der Waals surface area contributed by atoms with Gasteiger partial charge in [0.1, 0.15) is 4.83 Å². The number of hydrogen-bond acceptors (Lipinski definition) is 3. The van der Waals surface area contributed by atoms with Crippen molar-refractivity contribution in [2.24, 2.45) is 0 Å². The molecule has 0 aliphatic carbocycles. The normalized spacial score (nSPS) is 12.2. The van der Waals surface area contributed by atoms with Gasteiger partial charge in [-0.3, -0.25) is 4.79 Å². The number of rotatable bonds is 6. The van der Waals surface area contributed by atoms with E-state index in [4.69, 9.17) is 9.47 Å². The van der Waals surface area contributed by atoms with Crippen molar-refractivity contribution in [3.05, 3.63) is 35.4 Å². The molecular weight excluding hydrogens is 284 g/mol. The lowest BCUT2D eigenvalue weighted by Crippen LogP contribution is -2.20. The van der Waals surface area contributed by atoms with E-state index in [-0.39, 0.29) is 10.8 Å². The molecule has 1 rings (SSSR count). The molecule has 0 radical (unpaired) electrons. The second-order valence-corrected chi connectivity index (χ2v) is 4.73. The number of hydrogen-bond donors (Lipinski definition) is 0. The maximum atomic E-state index is 11.5. The molecule has 1 aromatic carbocycles. The largest absolute Gasteiger partial charge is 0.465 e. The Labute approximate surface area is 110 Å². The summed E-state index contributed by atoms with van der Waals surface area (Å²) in [5, 5.41) is 0. The van der Waals surface area contributed by atoms with E-state index < -0.39 is 0 Å². The smallest absolute Gasteiger partial charge is 0.320 e. The number of halogens is 1. The number of carbonyl (C=O) groups is 1. The molecule has 0 N–H and O–H groups in total. The molecule has 0 spiro atoms. The fraction of sp³-hybridized carbons (Fsp3) is 0.462. The number of benzene rings is 1. The van der Waals surface area contributed by atoms with Crippen LogP contribution in [0.5, 0.6) is 0 Å². The van der Waals surface area contributed by atoms with Crippen LogP contribution in [0.1, 0.15) is 18.1 Å². The molecule has 1 atom stereocenters. The number of carbonyl (C=O) groups excluding carboxylic acids is 1. The van der Waals surface area contributed by atoms with Crippen LogP contribution >= 0.6 is 15.9 Å². The lowest BCUT2D eigenvalue weighted by molar-refractivity contribution is -0.142. The van der Waals surface area contributed by atoms with Gasteiger partial charge in [0.2, 0.25) is 0 Å². The number of methoxy groups -OCH3 is 1. The van der Waals surface area contributed by atoms with Crippen LogP contribution in [0.2, 0.25) is 0 Å². The van der Waals surface area contributed by atoms with Gasteiger partial charge in [-0.25, -0.2) is 0 Å². The van der Waals surface area contributed by atoms with Gasteiger partial charge >= 0.3 is 5.97 Å². The fourth-order valence-corrected chi connectivity index (χ4v) is 2.04. The minimum atomic E-state index is -0.305. The Hall–Kier alpha value is -0.870. The number of esters is 1. The third-order valence-corrected chi connectivity index (χ3v) is 3.06. The van der Waals surface area contributed by atoms with E-state index in [9.17, 15) is 4.79 Å². The summed E-state index contributed by atoms with van der Waals surface area (Å²) < 4.78 is 10.1. The third-order valence-electron chi connectivity index (χ3n) is 2.36. The van der Waals surface area contributed by atoms with Crippen LogP contribution in [0.4, 0.5) is 0 Å². The van der Waals surface area contributed by atoms with Crippen LogP contribution in [0.15, 0.2) is 24.3 Å². The van der Waals surface area contributed by atoms with Crippen molar-refractivity contribution in [3.8, 4) is 0 Å². The van der Waals surface area contributed by atoms with Crippen molar-refractivity contribution in [1.29, 1.82) is 0 Å². The summed E-state index contributed by atoms with van der Waals surface area (Å²) in [4.78, 5) is 11.2. The maximum Gasteiger partial charge on any atom is 0.320 e. The van der Waals surface area contributed by atoms with Crippen molar-refractivity contribution in [3.63, 3.8) is 0 Å². The lowest BCUT2D eigenvalue weighted by atomic mass is 10.0. The first-order valence-electron chi connectivity index (χ1n) is 5.55. The van der Waals surface area contributed by atoms with Crippen LogP contribution in [-0.2, 0) is 27.3 Å². The Balaban J connectivity index is 2.70. The lowest BCUT2D eigenvalue weighted by Gasteiger charge is -2.12. The maximum absolute atomic E-state index is 11.5. The van der Waals surface area contributed by atoms with Crippen molar-refractivity contribution in [2.75, 3.05) is 13.7 Å². The van der Waals surface area contributed by atoms with E-state index in [0.29, 0.717) is 19.6 Å². The zero-order valence-corrected chi connectivity index (χ0v) is 11.7. The van der Waals surface area contributed by atoms with E-state index in [2.05, 4.69) is 15.9 Å². The Morgan fingerprint density at radius 1 is 1.35 bits per heavy atom. The van der Waals surface area contributed by atoms with Crippen molar-refractivity contribution < 1.29 is 14.3 Å². The van der Waals surface area contributed by atoms with Crippen molar-refractivity contribution >= 4 is 21.9 Å². The quantitative estimate of drug-likeness (QED) is 0.598. The van der Waals surface area contributed by atoms with Crippen molar-refractivity contribution in [2.45, 2.75) is 24.8 Å². The molecule has 0 aromatic heterocycles. The summed E-state index contributed by atoms with van der Waals surface area (Å²) in [6.07, 6.45) is 0.609. The molecular formula is C13H17BrO3. The van der Waals surface area contributed by atoms with Gasteiger partial charge < -0.3 is 9.47 Å². The zero-order valence-electron chi connectivity index (χ0n) is 10.1. The SMILES string of the molecule is CCOC(=O)C(Br)Cc1ccccc1COC. The highest BCUT2D eigenvalue weighted by atomic mass is 79.9. The van der Waals surface area contributed by atoms with Crippen LogP contribution in [0.25, 0.3) is 0 Å². The zero-order chi connectivity index (χ0) is 12.7. The van der Waals surface area contributed by atoms with Crippen LogP contribution in [0.3, 0.4) is 0 Å². The van der Waals surface area contributed by atoms with Gasteiger partial charge in [0.25, 0.3) is 0 Å². The molecule has 94 valence electrons. The Morgan fingerprint density at radius 2 is 2.00 bits per heavy atom. The van der Waals surface area contributed by atoms with Gasteiger partial charge in [0, 0.05) is 7.11 Å². The predicted octanol–water partition coefficient (Wildman–Crippen LogP) is 2.70.